The van der Waals surface area contributed by atoms with Gasteiger partial charge in [0.25, 0.3) is 5.69 Å². The standard InChI is InChI=1S/C13H18N2O7/c1-6-4-7(15(20)21)2-3-8(6)14-13-11(19)10(18)12(22-13)9(17)5-16/h2-4,9-14,16-19H,5H2,1H3/t9-,10+,11+,12-,13-/m1/s1. The van der Waals surface area contributed by atoms with Crippen molar-refractivity contribution < 1.29 is 30.1 Å². The minimum Gasteiger partial charge on any atom is -0.394 e. The highest BCUT2D eigenvalue weighted by molar-refractivity contribution is 5.55. The molecule has 1 aliphatic rings. The summed E-state index contributed by atoms with van der Waals surface area (Å²) < 4.78 is 5.32. The van der Waals surface area contributed by atoms with Crippen LogP contribution < -0.4 is 5.32 Å². The van der Waals surface area contributed by atoms with Gasteiger partial charge >= 0.3 is 0 Å². The fraction of sp³-hybridized carbons (Fsp3) is 0.538. The number of anilines is 1. The fourth-order valence-electron chi connectivity index (χ4n) is 2.32. The lowest BCUT2D eigenvalue weighted by Crippen LogP contribution is -2.40. The first kappa shape index (κ1) is 16.6. The van der Waals surface area contributed by atoms with Gasteiger partial charge in [0.1, 0.15) is 24.4 Å². The smallest absolute Gasteiger partial charge is 0.269 e. The molecule has 0 amide bonds. The third-order valence-corrected chi connectivity index (χ3v) is 3.59. The molecule has 0 bridgehead atoms. The lowest BCUT2D eigenvalue weighted by Gasteiger charge is -2.20. The van der Waals surface area contributed by atoms with E-state index in [0.717, 1.165) is 0 Å². The summed E-state index contributed by atoms with van der Waals surface area (Å²) in [5, 5.41) is 51.7. The molecule has 1 fully saturated rings. The zero-order valence-electron chi connectivity index (χ0n) is 11.8. The van der Waals surface area contributed by atoms with Crippen molar-refractivity contribution in [3.8, 4) is 0 Å². The summed E-state index contributed by atoms with van der Waals surface area (Å²) >= 11 is 0. The van der Waals surface area contributed by atoms with E-state index in [9.17, 15) is 25.4 Å². The lowest BCUT2D eigenvalue weighted by atomic mass is 10.1. The van der Waals surface area contributed by atoms with Gasteiger partial charge in [-0.25, -0.2) is 0 Å². The molecule has 0 aliphatic carbocycles. The Morgan fingerprint density at radius 1 is 1.41 bits per heavy atom. The Labute approximate surface area is 125 Å². The third-order valence-electron chi connectivity index (χ3n) is 3.59. The molecule has 0 aromatic heterocycles. The highest BCUT2D eigenvalue weighted by atomic mass is 16.6. The van der Waals surface area contributed by atoms with Crippen molar-refractivity contribution in [1.82, 2.24) is 0 Å². The van der Waals surface area contributed by atoms with Gasteiger partial charge in [-0.2, -0.15) is 0 Å². The van der Waals surface area contributed by atoms with Crippen molar-refractivity contribution in [2.75, 3.05) is 11.9 Å². The highest BCUT2D eigenvalue weighted by Gasteiger charge is 2.45. The van der Waals surface area contributed by atoms with Crippen LogP contribution >= 0.6 is 0 Å². The Morgan fingerprint density at radius 3 is 2.64 bits per heavy atom. The van der Waals surface area contributed by atoms with Gasteiger partial charge in [-0.05, 0) is 18.6 Å². The van der Waals surface area contributed by atoms with Gasteiger partial charge in [0, 0.05) is 17.8 Å². The van der Waals surface area contributed by atoms with Crippen LogP contribution in [0.3, 0.4) is 0 Å². The number of rotatable bonds is 5. The van der Waals surface area contributed by atoms with Crippen molar-refractivity contribution in [3.63, 3.8) is 0 Å². The summed E-state index contributed by atoms with van der Waals surface area (Å²) in [6.45, 7) is 1.03. The Bertz CT molecular complexity index is 553. The average Bonchev–Trinajstić information content (AvgIpc) is 2.76. The topological polar surface area (TPSA) is 145 Å². The summed E-state index contributed by atoms with van der Waals surface area (Å²) in [6, 6.07) is 4.12. The first-order chi connectivity index (χ1) is 10.3. The van der Waals surface area contributed by atoms with Crippen LogP contribution in [0.15, 0.2) is 18.2 Å². The van der Waals surface area contributed by atoms with Crippen LogP contribution in [0.1, 0.15) is 5.56 Å². The maximum Gasteiger partial charge on any atom is 0.269 e. The Balaban J connectivity index is 2.12. The van der Waals surface area contributed by atoms with Crippen LogP contribution in [-0.2, 0) is 4.74 Å². The van der Waals surface area contributed by atoms with Crippen molar-refractivity contribution in [3.05, 3.63) is 33.9 Å². The predicted octanol–water partition coefficient (Wildman–Crippen LogP) is -0.885. The minimum absolute atomic E-state index is 0.0652. The van der Waals surface area contributed by atoms with Gasteiger partial charge < -0.3 is 30.5 Å². The van der Waals surface area contributed by atoms with Gasteiger partial charge in [0.15, 0.2) is 6.23 Å². The molecule has 0 saturated carbocycles. The van der Waals surface area contributed by atoms with Crippen molar-refractivity contribution in [1.29, 1.82) is 0 Å². The summed E-state index contributed by atoms with van der Waals surface area (Å²) in [5.74, 6) is 0. The van der Waals surface area contributed by atoms with Crippen molar-refractivity contribution >= 4 is 11.4 Å². The molecule has 2 rings (SSSR count). The number of nitrogens with zero attached hydrogens (tertiary/aromatic N) is 1. The van der Waals surface area contributed by atoms with Gasteiger partial charge in [-0.1, -0.05) is 0 Å². The van der Waals surface area contributed by atoms with Crippen molar-refractivity contribution in [2.24, 2.45) is 0 Å². The first-order valence-electron chi connectivity index (χ1n) is 6.67. The number of nitro benzene ring substituents is 1. The quantitative estimate of drug-likeness (QED) is 0.348. The minimum atomic E-state index is -1.36. The largest absolute Gasteiger partial charge is 0.394 e. The molecule has 9 nitrogen and oxygen atoms in total. The fourth-order valence-corrected chi connectivity index (χ4v) is 2.32. The molecule has 1 saturated heterocycles. The van der Waals surface area contributed by atoms with E-state index in [1.54, 1.807) is 6.92 Å². The normalized spacial score (nSPS) is 29.3. The van der Waals surface area contributed by atoms with Crippen LogP contribution in [0.2, 0.25) is 0 Å². The Kier molecular flexibility index (Phi) is 4.94. The molecule has 1 aromatic rings. The number of aliphatic hydroxyl groups is 4. The number of hydrogen-bond donors (Lipinski definition) is 5. The summed E-state index contributed by atoms with van der Waals surface area (Å²) in [5.41, 5.74) is 0.983. The number of nitro groups is 1. The van der Waals surface area contributed by atoms with E-state index in [0.29, 0.717) is 11.3 Å². The first-order valence-corrected chi connectivity index (χ1v) is 6.67. The lowest BCUT2D eigenvalue weighted by molar-refractivity contribution is -0.384. The predicted molar refractivity (Wildman–Crippen MR) is 75.2 cm³/mol. The number of ether oxygens (including phenoxy) is 1. The number of hydrogen-bond acceptors (Lipinski definition) is 8. The molecule has 5 N–H and O–H groups in total. The molecule has 1 aromatic carbocycles. The van der Waals surface area contributed by atoms with E-state index < -0.39 is 42.2 Å². The average molecular weight is 314 g/mol. The number of aryl methyl sites for hydroxylation is 1. The number of aliphatic hydroxyl groups excluding tert-OH is 4. The molecular formula is C13H18N2O7. The summed E-state index contributed by atoms with van der Waals surface area (Å²) in [6.07, 6.45) is -6.15. The third kappa shape index (κ3) is 3.18. The molecule has 0 unspecified atom stereocenters. The van der Waals surface area contributed by atoms with Crippen LogP contribution in [0, 0.1) is 17.0 Å². The van der Waals surface area contributed by atoms with E-state index in [1.807, 2.05) is 0 Å². The van der Waals surface area contributed by atoms with Gasteiger partial charge in [0.05, 0.1) is 11.5 Å². The second-order valence-corrected chi connectivity index (χ2v) is 5.15. The molecule has 5 atom stereocenters. The number of benzene rings is 1. The van der Waals surface area contributed by atoms with Gasteiger partial charge in [-0.15, -0.1) is 0 Å². The van der Waals surface area contributed by atoms with E-state index in [2.05, 4.69) is 5.32 Å². The molecule has 0 spiro atoms. The maximum atomic E-state index is 10.7. The monoisotopic (exact) mass is 314 g/mol. The Morgan fingerprint density at radius 2 is 2.09 bits per heavy atom. The number of nitrogens with one attached hydrogen (secondary N) is 1. The molecule has 122 valence electrons. The van der Waals surface area contributed by atoms with Gasteiger partial charge in [-0.3, -0.25) is 10.1 Å². The summed E-state index contributed by atoms with van der Waals surface area (Å²) in [7, 11) is 0. The van der Waals surface area contributed by atoms with E-state index in [4.69, 9.17) is 9.84 Å². The SMILES string of the molecule is Cc1cc([N+](=O)[O-])ccc1N[C@@H]1O[C@H]([C@H](O)CO)[C@@H](O)[C@@H]1O. The molecule has 0 radical (unpaired) electrons. The van der Waals surface area contributed by atoms with Crippen LogP contribution in [0.5, 0.6) is 0 Å². The highest BCUT2D eigenvalue weighted by Crippen LogP contribution is 2.28. The maximum absolute atomic E-state index is 10.7. The van der Waals surface area contributed by atoms with Gasteiger partial charge in [0.2, 0.25) is 0 Å². The van der Waals surface area contributed by atoms with E-state index >= 15 is 0 Å². The number of non-ortho nitro benzene ring substituents is 1. The van der Waals surface area contributed by atoms with Crippen LogP contribution in [0.4, 0.5) is 11.4 Å². The van der Waals surface area contributed by atoms with E-state index in [-0.39, 0.29) is 5.69 Å². The Hall–Kier alpha value is -1.78. The second kappa shape index (κ2) is 6.55. The zero-order valence-corrected chi connectivity index (χ0v) is 11.8. The second-order valence-electron chi connectivity index (χ2n) is 5.15. The molecule has 1 heterocycles. The molecule has 9 heteroatoms. The van der Waals surface area contributed by atoms with Crippen LogP contribution in [0.25, 0.3) is 0 Å². The van der Waals surface area contributed by atoms with Crippen molar-refractivity contribution in [2.45, 2.75) is 37.6 Å². The van der Waals surface area contributed by atoms with E-state index in [1.165, 1.54) is 18.2 Å². The summed E-state index contributed by atoms with van der Waals surface area (Å²) in [4.78, 5) is 10.2. The molecular weight excluding hydrogens is 296 g/mol. The zero-order chi connectivity index (χ0) is 16.4. The van der Waals surface area contributed by atoms with Crippen LogP contribution in [-0.4, -0.2) is 62.6 Å². The molecule has 1 aliphatic heterocycles. The molecule has 22 heavy (non-hydrogen) atoms.